The van der Waals surface area contributed by atoms with Crippen LogP contribution in [0.5, 0.6) is 23.3 Å². The van der Waals surface area contributed by atoms with E-state index in [1.165, 1.54) is 30.2 Å². The highest BCUT2D eigenvalue weighted by atomic mass is 79.9. The number of fused-ring (bicyclic) bond motifs is 6. The van der Waals surface area contributed by atoms with E-state index in [4.69, 9.17) is 33.0 Å². The highest BCUT2D eigenvalue weighted by molar-refractivity contribution is 9.10. The molecule has 91 heavy (non-hydrogen) atoms. The number of aromatic nitrogens is 2. The van der Waals surface area contributed by atoms with Crippen LogP contribution in [-0.2, 0) is 56.2 Å². The summed E-state index contributed by atoms with van der Waals surface area (Å²) in [4.78, 5) is 32.6. The number of aryl methyl sites for hydroxylation is 4. The normalized spacial score (nSPS) is 20.7. The molecule has 8 atom stereocenters. The number of Topliss-reactive ketones (excluding diaryl/α,β-unsaturated/α-hetero) is 1. The SMILES string of the molecule is CC(=O)[C@H]1[C@@H]2Cc3cc(OC(C)c4cc(-c5c(C)cc(OCCCS(C)(=O)=O)cc5C)ccc4F)ncc3[C@@H]21.CCOC(=O)[C@H]1[C@@H]2Cc3cc(OC(C)c4cc(Br)ccc4F)ncc3[C@@H]21.Cc1cc(OCCCS(C)(=O)=O)cc(C)c1B1OC(C)(C)C(C)(C)O1.[B]. The summed E-state index contributed by atoms with van der Waals surface area (Å²) < 4.78 is 116. The van der Waals surface area contributed by atoms with Gasteiger partial charge in [0.2, 0.25) is 11.8 Å². The molecule has 0 bridgehead atoms. The van der Waals surface area contributed by atoms with E-state index in [1.54, 1.807) is 38.2 Å². The number of pyridine rings is 2. The molecule has 11 rings (SSSR count). The topological polar surface area (TPSA) is 193 Å². The van der Waals surface area contributed by atoms with Crippen LogP contribution < -0.4 is 24.4 Å². The first-order valence-electron chi connectivity index (χ1n) is 30.7. The number of hydrogen-bond acceptors (Lipinski definition) is 15. The number of nitrogens with zero attached hydrogens (tertiary/aromatic N) is 2. The van der Waals surface area contributed by atoms with Gasteiger partial charge in [-0.2, -0.15) is 0 Å². The zero-order chi connectivity index (χ0) is 65.5. The van der Waals surface area contributed by atoms with Crippen molar-refractivity contribution in [1.82, 2.24) is 9.97 Å². The molecule has 3 radical (unpaired) electrons. The quantitative estimate of drug-likeness (QED) is 0.0375. The Hall–Kier alpha value is -6.19. The lowest BCUT2D eigenvalue weighted by Gasteiger charge is -2.32. The molecule has 2 unspecified atom stereocenters. The molecule has 15 nitrogen and oxygen atoms in total. The first kappa shape index (κ1) is 70.7. The minimum Gasteiger partial charge on any atom is -0.494 e. The van der Waals surface area contributed by atoms with Crippen molar-refractivity contribution in [3.63, 3.8) is 0 Å². The van der Waals surface area contributed by atoms with Crippen molar-refractivity contribution in [2.24, 2.45) is 23.7 Å². The number of carbonyl (C=O) groups excluding carboxylic acids is 2. The van der Waals surface area contributed by atoms with Gasteiger partial charge in [0.25, 0.3) is 0 Å². The molecule has 485 valence electrons. The Morgan fingerprint density at radius 1 is 0.670 bits per heavy atom. The van der Waals surface area contributed by atoms with Crippen LogP contribution >= 0.6 is 15.9 Å². The van der Waals surface area contributed by atoms with Crippen molar-refractivity contribution in [3.05, 3.63) is 157 Å². The fourth-order valence-electron chi connectivity index (χ4n) is 12.9. The van der Waals surface area contributed by atoms with Crippen molar-refractivity contribution >= 4 is 68.4 Å². The van der Waals surface area contributed by atoms with Crippen LogP contribution in [0.25, 0.3) is 11.1 Å². The van der Waals surface area contributed by atoms with Crippen LogP contribution in [0.4, 0.5) is 8.78 Å². The smallest absolute Gasteiger partial charge is 0.494 e. The van der Waals surface area contributed by atoms with E-state index in [1.807, 2.05) is 118 Å². The summed E-state index contributed by atoms with van der Waals surface area (Å²) in [5.41, 5.74) is 11.7. The van der Waals surface area contributed by atoms with Crippen molar-refractivity contribution in [2.75, 3.05) is 43.8 Å². The Bertz CT molecular complexity index is 3880. The van der Waals surface area contributed by atoms with Crippen LogP contribution in [0.1, 0.15) is 148 Å². The molecule has 4 aliphatic carbocycles. The summed E-state index contributed by atoms with van der Waals surface area (Å²) in [5, 5.41) is 0. The van der Waals surface area contributed by atoms with E-state index in [9.17, 15) is 35.2 Å². The van der Waals surface area contributed by atoms with Gasteiger partial charge in [0.05, 0.1) is 48.4 Å². The lowest BCUT2D eigenvalue weighted by atomic mass is 9.73. The molecule has 22 heteroatoms. The maximum atomic E-state index is 15.0. The third-order valence-electron chi connectivity index (χ3n) is 18.1. The second kappa shape index (κ2) is 28.2. The Balaban J connectivity index is 0.000000182. The zero-order valence-corrected chi connectivity index (χ0v) is 57.6. The number of halogens is 3. The largest absolute Gasteiger partial charge is 0.495 e. The van der Waals surface area contributed by atoms with Gasteiger partial charge in [-0.25, -0.2) is 35.6 Å². The zero-order valence-electron chi connectivity index (χ0n) is 54.4. The summed E-state index contributed by atoms with van der Waals surface area (Å²) in [5.74, 6) is 3.40. The molecule has 6 aromatic rings. The van der Waals surface area contributed by atoms with Gasteiger partial charge in [0.15, 0.2) is 0 Å². The molecule has 2 aromatic heterocycles. The predicted molar refractivity (Wildman–Crippen MR) is 353 cm³/mol. The molecule has 0 amide bonds. The van der Waals surface area contributed by atoms with Crippen LogP contribution in [0.2, 0.25) is 0 Å². The van der Waals surface area contributed by atoms with Crippen LogP contribution in [0.15, 0.2) is 89.7 Å². The van der Waals surface area contributed by atoms with E-state index in [0.29, 0.717) is 79.1 Å². The van der Waals surface area contributed by atoms with Crippen molar-refractivity contribution < 1.29 is 68.2 Å². The average molecular weight is 1350 g/mol. The van der Waals surface area contributed by atoms with Gasteiger partial charge in [0.1, 0.15) is 60.8 Å². The number of carbonyl (C=O) groups is 2. The molecular formula is C69H82B2BrF2N2O13S2. The Labute approximate surface area is 546 Å². The molecule has 0 N–H and O–H groups in total. The second-order valence-electron chi connectivity index (χ2n) is 25.7. The minimum atomic E-state index is -3.02. The minimum absolute atomic E-state index is 0. The maximum Gasteiger partial charge on any atom is 0.495 e. The maximum absolute atomic E-state index is 15.0. The fraction of sp³-hybridized carbons (Fsp3) is 0.478. The Kier molecular flexibility index (Phi) is 21.9. The molecule has 3 heterocycles. The Morgan fingerprint density at radius 3 is 1.57 bits per heavy atom. The molecule has 4 aromatic carbocycles. The number of rotatable bonds is 21. The molecule has 1 aliphatic heterocycles. The number of benzene rings is 4. The molecule has 0 spiro atoms. The van der Waals surface area contributed by atoms with Crippen LogP contribution in [0.3, 0.4) is 0 Å². The fourth-order valence-corrected chi connectivity index (χ4v) is 14.6. The summed E-state index contributed by atoms with van der Waals surface area (Å²) in [6, 6.07) is 21.4. The summed E-state index contributed by atoms with van der Waals surface area (Å²) in [7, 11) is -6.36. The average Bonchev–Trinajstić information content (AvgIpc) is 1.67. The standard InChI is InChI=1S/C31H34FNO5S.C20H19BrFNO3.C18H29BO5S.B/c1-17-11-23(37-9-6-10-39(5,35)36)12-18(2)29(17)21-7-8-27(32)24(13-21)20(4)38-28-15-22-14-25-30(19(3)34)31(25)26(22)16-33-28;1-3-25-20(24)19-14-6-11-7-17(23-9-15(11)18(14)19)26-10(2)13-8-12(21)4-5-16(13)22;1-13-11-15(22-9-8-10-25(7,20)21)12-14(2)16(13)19-23-17(3,4)18(5,6)24-19;/h7-8,11-13,15-16,20,25,30-31H,6,9-10,14H2,1-5H3;4-5,7-10,14,18-19H,3,6H2,1-2H3;11-12H,8-10H2,1-7H3;/t20?,25-,30-,31+;10?,14-,18-,19+;;/m01../s1. The van der Waals surface area contributed by atoms with E-state index >= 15 is 0 Å². The van der Waals surface area contributed by atoms with Crippen molar-refractivity contribution in [2.45, 2.75) is 144 Å². The summed E-state index contributed by atoms with van der Waals surface area (Å²) in [6.07, 6.45) is 7.64. The lowest BCUT2D eigenvalue weighted by molar-refractivity contribution is -0.145. The van der Waals surface area contributed by atoms with Gasteiger partial charge in [0, 0.05) is 72.9 Å². The lowest BCUT2D eigenvalue weighted by Crippen LogP contribution is -2.41. The van der Waals surface area contributed by atoms with Gasteiger partial charge in [-0.15, -0.1) is 0 Å². The number of esters is 1. The van der Waals surface area contributed by atoms with Gasteiger partial charge < -0.3 is 33.0 Å². The van der Waals surface area contributed by atoms with Gasteiger partial charge in [-0.1, -0.05) is 22.0 Å². The predicted octanol–water partition coefficient (Wildman–Crippen LogP) is 12.5. The first-order valence-corrected chi connectivity index (χ1v) is 35.6. The molecule has 1 saturated heterocycles. The molecule has 5 aliphatic rings. The third kappa shape index (κ3) is 16.6. The number of ketones is 1. The number of hydrogen-bond donors (Lipinski definition) is 0. The van der Waals surface area contributed by atoms with Crippen molar-refractivity contribution in [1.29, 1.82) is 0 Å². The van der Waals surface area contributed by atoms with E-state index in [0.717, 1.165) is 78.6 Å². The molecular weight excluding hydrogens is 1270 g/mol. The number of sulfone groups is 2. The monoisotopic (exact) mass is 1350 g/mol. The highest BCUT2D eigenvalue weighted by Gasteiger charge is 2.61. The molecule has 2 saturated carbocycles. The van der Waals surface area contributed by atoms with E-state index in [-0.39, 0.29) is 72.3 Å². The van der Waals surface area contributed by atoms with Crippen molar-refractivity contribution in [3.8, 4) is 34.4 Å². The Morgan fingerprint density at radius 2 is 1.11 bits per heavy atom. The van der Waals surface area contributed by atoms with Gasteiger partial charge in [-0.3, -0.25) is 9.59 Å². The van der Waals surface area contributed by atoms with Crippen LogP contribution in [-0.4, -0.2) is 109 Å². The first-order chi connectivity index (χ1) is 42.2. The third-order valence-corrected chi connectivity index (χ3v) is 20.7. The number of ether oxygens (including phenoxy) is 5. The highest BCUT2D eigenvalue weighted by Crippen LogP contribution is 2.63. The summed E-state index contributed by atoms with van der Waals surface area (Å²) >= 11 is 3.35. The van der Waals surface area contributed by atoms with Crippen LogP contribution in [0, 0.1) is 63.0 Å². The second-order valence-corrected chi connectivity index (χ2v) is 31.2. The summed E-state index contributed by atoms with van der Waals surface area (Å²) in [6.45, 7) is 24.3. The van der Waals surface area contributed by atoms with Gasteiger partial charge in [-0.05, 0) is 242 Å². The van der Waals surface area contributed by atoms with E-state index in [2.05, 4.69) is 25.9 Å². The molecule has 3 fully saturated rings. The van der Waals surface area contributed by atoms with Gasteiger partial charge >= 0.3 is 13.1 Å². The van der Waals surface area contributed by atoms with E-state index < -0.39 is 39.0 Å².